The number of nitrogens with zero attached hydrogens (tertiary/aromatic N) is 1. The van der Waals surface area contributed by atoms with Gasteiger partial charge in [0.25, 0.3) is 0 Å². The third-order valence-electron chi connectivity index (χ3n) is 3.50. The predicted molar refractivity (Wildman–Crippen MR) is 71.9 cm³/mol. The van der Waals surface area contributed by atoms with Crippen molar-refractivity contribution in [2.75, 3.05) is 6.54 Å². The molecule has 0 aromatic heterocycles. The van der Waals surface area contributed by atoms with E-state index in [2.05, 4.69) is 13.8 Å². The monoisotopic (exact) mass is 271 g/mol. The van der Waals surface area contributed by atoms with Crippen LogP contribution in [-0.2, 0) is 9.53 Å². The highest BCUT2D eigenvalue weighted by molar-refractivity contribution is 5.80. The highest BCUT2D eigenvalue weighted by atomic mass is 16.6. The first-order chi connectivity index (χ1) is 8.61. The van der Waals surface area contributed by atoms with Crippen molar-refractivity contribution in [3.63, 3.8) is 0 Å². The summed E-state index contributed by atoms with van der Waals surface area (Å²) in [5.41, 5.74) is -0.602. The molecule has 1 aliphatic heterocycles. The Hall–Kier alpha value is -1.26. The number of piperidine rings is 1. The van der Waals surface area contributed by atoms with Crippen LogP contribution in [0.1, 0.15) is 47.5 Å². The Balaban J connectivity index is 2.77. The van der Waals surface area contributed by atoms with Crippen LogP contribution in [0.25, 0.3) is 0 Å². The van der Waals surface area contributed by atoms with Crippen molar-refractivity contribution in [1.82, 2.24) is 4.90 Å². The molecule has 0 radical (unpaired) electrons. The second-order valence-electron chi connectivity index (χ2n) is 6.56. The molecule has 19 heavy (non-hydrogen) atoms. The van der Waals surface area contributed by atoms with Crippen molar-refractivity contribution >= 4 is 12.1 Å². The summed E-state index contributed by atoms with van der Waals surface area (Å²) in [4.78, 5) is 24.8. The Bertz CT molecular complexity index is 346. The van der Waals surface area contributed by atoms with E-state index >= 15 is 0 Å². The van der Waals surface area contributed by atoms with Crippen molar-refractivity contribution in [2.24, 2.45) is 11.8 Å². The number of carbonyl (C=O) groups is 2. The van der Waals surface area contributed by atoms with E-state index in [1.807, 2.05) is 0 Å². The number of carboxylic acids is 1. The van der Waals surface area contributed by atoms with Gasteiger partial charge in [0.15, 0.2) is 0 Å². The van der Waals surface area contributed by atoms with E-state index in [-0.39, 0.29) is 0 Å². The van der Waals surface area contributed by atoms with Crippen molar-refractivity contribution in [2.45, 2.75) is 59.1 Å². The van der Waals surface area contributed by atoms with Crippen LogP contribution < -0.4 is 0 Å². The third kappa shape index (κ3) is 4.40. The molecule has 0 aromatic carbocycles. The molecule has 1 saturated heterocycles. The quantitative estimate of drug-likeness (QED) is 0.838. The summed E-state index contributed by atoms with van der Waals surface area (Å²) >= 11 is 0. The number of aliphatic carboxylic acids is 1. The minimum absolute atomic E-state index is 0.347. The maximum Gasteiger partial charge on any atom is 0.411 e. The number of carboxylic acid groups (broad SMARTS) is 1. The number of hydrogen-bond donors (Lipinski definition) is 1. The van der Waals surface area contributed by atoms with Crippen LogP contribution in [0.5, 0.6) is 0 Å². The average molecular weight is 271 g/mol. The number of carbonyl (C=O) groups excluding carboxylic acids is 1. The molecule has 1 heterocycles. The van der Waals surface area contributed by atoms with Gasteiger partial charge in [0.1, 0.15) is 11.6 Å². The van der Waals surface area contributed by atoms with E-state index in [1.165, 1.54) is 4.90 Å². The molecule has 0 unspecified atom stereocenters. The first-order valence-corrected chi connectivity index (χ1v) is 6.84. The van der Waals surface area contributed by atoms with E-state index in [0.717, 1.165) is 6.42 Å². The van der Waals surface area contributed by atoms with Gasteiger partial charge in [0.05, 0.1) is 0 Å². The molecular formula is C14H25NO4. The van der Waals surface area contributed by atoms with Gasteiger partial charge in [-0.1, -0.05) is 13.8 Å². The zero-order valence-electron chi connectivity index (χ0n) is 12.5. The van der Waals surface area contributed by atoms with Crippen LogP contribution in [0.15, 0.2) is 0 Å². The van der Waals surface area contributed by atoms with Crippen LogP contribution in [-0.4, -0.2) is 40.3 Å². The van der Waals surface area contributed by atoms with E-state index in [0.29, 0.717) is 24.8 Å². The van der Waals surface area contributed by atoms with Gasteiger partial charge in [-0.15, -0.1) is 0 Å². The summed E-state index contributed by atoms with van der Waals surface area (Å²) in [6.07, 6.45) is 0.814. The van der Waals surface area contributed by atoms with Crippen LogP contribution in [0.3, 0.4) is 0 Å². The van der Waals surface area contributed by atoms with Crippen LogP contribution in [0.4, 0.5) is 4.79 Å². The molecule has 2 atom stereocenters. The lowest BCUT2D eigenvalue weighted by Crippen LogP contribution is -2.52. The molecule has 1 amide bonds. The zero-order chi connectivity index (χ0) is 14.8. The Morgan fingerprint density at radius 3 is 2.32 bits per heavy atom. The first kappa shape index (κ1) is 15.8. The van der Waals surface area contributed by atoms with Gasteiger partial charge in [0.2, 0.25) is 0 Å². The normalized spacial score (nSPS) is 24.4. The van der Waals surface area contributed by atoms with Crippen molar-refractivity contribution < 1.29 is 19.4 Å². The highest BCUT2D eigenvalue weighted by Gasteiger charge is 2.38. The predicted octanol–water partition coefficient (Wildman–Crippen LogP) is 2.74. The lowest BCUT2D eigenvalue weighted by molar-refractivity contribution is -0.145. The number of likely N-dealkylation sites (tertiary alicyclic amines) is 1. The standard InChI is InChI=1S/C14H25NO4/c1-9(2)10-6-7-15(11(8-10)12(16)17)13(18)19-14(3,4)5/h9-11H,6-8H2,1-5H3,(H,16,17)/t10-,11+/m0/s1. The molecule has 1 rings (SSSR count). The topological polar surface area (TPSA) is 66.8 Å². The Kier molecular flexibility index (Phi) is 4.82. The fourth-order valence-corrected chi connectivity index (χ4v) is 2.37. The van der Waals surface area contributed by atoms with Gasteiger partial charge < -0.3 is 9.84 Å². The number of amides is 1. The van der Waals surface area contributed by atoms with Gasteiger partial charge in [-0.2, -0.15) is 0 Å². The molecule has 5 nitrogen and oxygen atoms in total. The molecule has 110 valence electrons. The minimum atomic E-state index is -0.948. The minimum Gasteiger partial charge on any atom is -0.480 e. The lowest BCUT2D eigenvalue weighted by Gasteiger charge is -2.39. The fourth-order valence-electron chi connectivity index (χ4n) is 2.37. The molecule has 1 N–H and O–H groups in total. The maximum atomic E-state index is 12.0. The molecule has 0 saturated carbocycles. The summed E-state index contributed by atoms with van der Waals surface area (Å²) in [5, 5.41) is 9.31. The molecule has 1 fully saturated rings. The van der Waals surface area contributed by atoms with Gasteiger partial charge in [0, 0.05) is 6.54 Å². The smallest absolute Gasteiger partial charge is 0.411 e. The molecule has 1 aliphatic rings. The van der Waals surface area contributed by atoms with Crippen molar-refractivity contribution in [3.8, 4) is 0 Å². The molecule has 0 aromatic rings. The second-order valence-corrected chi connectivity index (χ2v) is 6.56. The Morgan fingerprint density at radius 2 is 1.89 bits per heavy atom. The fraction of sp³-hybridized carbons (Fsp3) is 0.857. The van der Waals surface area contributed by atoms with E-state index < -0.39 is 23.7 Å². The van der Waals surface area contributed by atoms with E-state index in [1.54, 1.807) is 20.8 Å². The second kappa shape index (κ2) is 5.80. The molecular weight excluding hydrogens is 246 g/mol. The van der Waals surface area contributed by atoms with Crippen molar-refractivity contribution in [3.05, 3.63) is 0 Å². The Labute approximate surface area is 114 Å². The van der Waals surface area contributed by atoms with Crippen LogP contribution in [0, 0.1) is 11.8 Å². The summed E-state index contributed by atoms with van der Waals surface area (Å²) in [6.45, 7) is 9.97. The van der Waals surface area contributed by atoms with Gasteiger partial charge in [-0.25, -0.2) is 9.59 Å². The van der Waals surface area contributed by atoms with Gasteiger partial charge in [-0.05, 0) is 45.4 Å². The maximum absolute atomic E-state index is 12.0. The lowest BCUT2D eigenvalue weighted by atomic mass is 9.83. The number of ether oxygens (including phenoxy) is 1. The Morgan fingerprint density at radius 1 is 1.32 bits per heavy atom. The molecule has 0 spiro atoms. The SMILES string of the molecule is CC(C)[C@H]1CCN(C(=O)OC(C)(C)C)[C@@H](C(=O)O)C1. The van der Waals surface area contributed by atoms with E-state index in [4.69, 9.17) is 4.74 Å². The van der Waals surface area contributed by atoms with E-state index in [9.17, 15) is 14.7 Å². The summed E-state index contributed by atoms with van der Waals surface area (Å²) in [7, 11) is 0. The molecule has 5 heteroatoms. The average Bonchev–Trinajstić information content (AvgIpc) is 2.25. The van der Waals surface area contributed by atoms with Gasteiger partial charge in [-0.3, -0.25) is 4.90 Å². The van der Waals surface area contributed by atoms with Gasteiger partial charge >= 0.3 is 12.1 Å². The molecule has 0 aliphatic carbocycles. The zero-order valence-corrected chi connectivity index (χ0v) is 12.5. The number of hydrogen-bond acceptors (Lipinski definition) is 3. The van der Waals surface area contributed by atoms with Crippen LogP contribution >= 0.6 is 0 Å². The van der Waals surface area contributed by atoms with Crippen molar-refractivity contribution in [1.29, 1.82) is 0 Å². The summed E-state index contributed by atoms with van der Waals surface area (Å²) in [5.74, 6) is -0.168. The largest absolute Gasteiger partial charge is 0.480 e. The highest BCUT2D eigenvalue weighted by Crippen LogP contribution is 2.29. The van der Waals surface area contributed by atoms with Crippen LogP contribution in [0.2, 0.25) is 0 Å². The number of rotatable bonds is 2. The summed E-state index contributed by atoms with van der Waals surface area (Å²) in [6, 6.07) is -0.768. The third-order valence-corrected chi connectivity index (χ3v) is 3.50. The first-order valence-electron chi connectivity index (χ1n) is 6.84. The molecule has 0 bridgehead atoms. The summed E-state index contributed by atoms with van der Waals surface area (Å²) < 4.78 is 5.28.